The lowest BCUT2D eigenvalue weighted by Crippen LogP contribution is -2.49. The molecule has 1 fully saturated rings. The number of nitrogens with one attached hydrogen (secondary N) is 2. The molecule has 2 N–H and O–H groups in total. The molecule has 3 rings (SSSR count). The standard InChI is InChI=1S/C17H25N3O/c1-20-8-6-13(7-9-20)11-19-17(21)16-10-14-4-2-3-5-15(14)12-18-16/h2-5,13,16,18H,6-12H2,1H3,(H,19,21)/t16-/m1/s1. The molecule has 1 aromatic carbocycles. The minimum Gasteiger partial charge on any atom is -0.354 e. The van der Waals surface area contributed by atoms with E-state index >= 15 is 0 Å². The number of carbonyl (C=O) groups is 1. The molecule has 0 unspecified atom stereocenters. The highest BCUT2D eigenvalue weighted by Crippen LogP contribution is 2.17. The van der Waals surface area contributed by atoms with E-state index in [4.69, 9.17) is 0 Å². The average Bonchev–Trinajstić information content (AvgIpc) is 2.53. The maximum Gasteiger partial charge on any atom is 0.237 e. The third-order valence-electron chi connectivity index (χ3n) is 4.80. The second-order valence-corrected chi connectivity index (χ2v) is 6.40. The molecule has 0 aromatic heterocycles. The highest BCUT2D eigenvalue weighted by Gasteiger charge is 2.24. The lowest BCUT2D eigenvalue weighted by molar-refractivity contribution is -0.123. The molecule has 1 amide bonds. The second kappa shape index (κ2) is 6.58. The Kier molecular flexibility index (Phi) is 4.56. The summed E-state index contributed by atoms with van der Waals surface area (Å²) in [7, 11) is 2.16. The van der Waals surface area contributed by atoms with Gasteiger partial charge in [0.05, 0.1) is 6.04 Å². The Balaban J connectivity index is 1.48. The quantitative estimate of drug-likeness (QED) is 0.877. The molecule has 1 saturated heterocycles. The van der Waals surface area contributed by atoms with Crippen LogP contribution in [0.5, 0.6) is 0 Å². The Morgan fingerprint density at radius 2 is 2.00 bits per heavy atom. The van der Waals surface area contributed by atoms with E-state index in [0.717, 1.165) is 32.6 Å². The van der Waals surface area contributed by atoms with E-state index in [1.54, 1.807) is 0 Å². The monoisotopic (exact) mass is 287 g/mol. The van der Waals surface area contributed by atoms with Crippen LogP contribution in [0.4, 0.5) is 0 Å². The molecule has 2 aliphatic heterocycles. The molecule has 1 atom stereocenters. The minimum atomic E-state index is -0.0776. The number of hydrogen-bond donors (Lipinski definition) is 2. The topological polar surface area (TPSA) is 44.4 Å². The Morgan fingerprint density at radius 1 is 1.29 bits per heavy atom. The Hall–Kier alpha value is -1.39. The number of hydrogen-bond acceptors (Lipinski definition) is 3. The smallest absolute Gasteiger partial charge is 0.237 e. The lowest BCUT2D eigenvalue weighted by Gasteiger charge is -2.30. The van der Waals surface area contributed by atoms with Crippen molar-refractivity contribution < 1.29 is 4.79 Å². The number of benzene rings is 1. The van der Waals surface area contributed by atoms with Gasteiger partial charge in [-0.05, 0) is 56.4 Å². The molecule has 0 radical (unpaired) electrons. The summed E-state index contributed by atoms with van der Waals surface area (Å²) >= 11 is 0. The van der Waals surface area contributed by atoms with Crippen LogP contribution in [0.25, 0.3) is 0 Å². The van der Waals surface area contributed by atoms with Crippen LogP contribution in [0.1, 0.15) is 24.0 Å². The molecule has 21 heavy (non-hydrogen) atoms. The van der Waals surface area contributed by atoms with E-state index in [9.17, 15) is 4.79 Å². The van der Waals surface area contributed by atoms with E-state index in [-0.39, 0.29) is 11.9 Å². The van der Waals surface area contributed by atoms with Crippen LogP contribution in [0.15, 0.2) is 24.3 Å². The summed E-state index contributed by atoms with van der Waals surface area (Å²) in [6, 6.07) is 8.30. The Labute approximate surface area is 126 Å². The van der Waals surface area contributed by atoms with Gasteiger partial charge in [0, 0.05) is 13.1 Å². The van der Waals surface area contributed by atoms with Gasteiger partial charge >= 0.3 is 0 Å². The van der Waals surface area contributed by atoms with Crippen LogP contribution in [-0.2, 0) is 17.8 Å². The number of nitrogens with zero attached hydrogens (tertiary/aromatic N) is 1. The van der Waals surface area contributed by atoms with Crippen LogP contribution in [0.2, 0.25) is 0 Å². The Bertz CT molecular complexity index is 495. The summed E-state index contributed by atoms with van der Waals surface area (Å²) in [6.07, 6.45) is 3.19. The summed E-state index contributed by atoms with van der Waals surface area (Å²) in [5.41, 5.74) is 2.62. The van der Waals surface area contributed by atoms with Gasteiger partial charge in [0.1, 0.15) is 0 Å². The van der Waals surface area contributed by atoms with Crippen molar-refractivity contribution in [3.8, 4) is 0 Å². The van der Waals surface area contributed by atoms with Crippen LogP contribution in [0.3, 0.4) is 0 Å². The molecular formula is C17H25N3O. The minimum absolute atomic E-state index is 0.0776. The summed E-state index contributed by atoms with van der Waals surface area (Å²) in [5.74, 6) is 0.796. The van der Waals surface area contributed by atoms with Crippen molar-refractivity contribution in [1.82, 2.24) is 15.5 Å². The SMILES string of the molecule is CN1CCC(CNC(=O)[C@H]2Cc3ccccc3CN2)CC1. The molecule has 4 nitrogen and oxygen atoms in total. The van der Waals surface area contributed by atoms with Crippen molar-refractivity contribution >= 4 is 5.91 Å². The fourth-order valence-electron chi connectivity index (χ4n) is 3.27. The summed E-state index contributed by atoms with van der Waals surface area (Å²) in [5, 5.41) is 6.50. The first-order valence-electron chi connectivity index (χ1n) is 7.99. The number of rotatable bonds is 3. The zero-order chi connectivity index (χ0) is 14.7. The van der Waals surface area contributed by atoms with Gasteiger partial charge in [-0.2, -0.15) is 0 Å². The van der Waals surface area contributed by atoms with Crippen molar-refractivity contribution in [2.75, 3.05) is 26.7 Å². The van der Waals surface area contributed by atoms with Crippen molar-refractivity contribution in [1.29, 1.82) is 0 Å². The van der Waals surface area contributed by atoms with E-state index < -0.39 is 0 Å². The molecule has 2 heterocycles. The second-order valence-electron chi connectivity index (χ2n) is 6.40. The Morgan fingerprint density at radius 3 is 2.76 bits per heavy atom. The third kappa shape index (κ3) is 3.63. The van der Waals surface area contributed by atoms with Gasteiger partial charge in [-0.25, -0.2) is 0 Å². The molecule has 1 aromatic rings. The van der Waals surface area contributed by atoms with Crippen LogP contribution in [-0.4, -0.2) is 43.5 Å². The number of fused-ring (bicyclic) bond motifs is 1. The van der Waals surface area contributed by atoms with Gasteiger partial charge in [-0.1, -0.05) is 24.3 Å². The molecular weight excluding hydrogens is 262 g/mol. The van der Waals surface area contributed by atoms with Crippen molar-refractivity contribution in [2.24, 2.45) is 5.92 Å². The zero-order valence-electron chi connectivity index (χ0n) is 12.8. The van der Waals surface area contributed by atoms with Gasteiger partial charge < -0.3 is 15.5 Å². The fourth-order valence-corrected chi connectivity index (χ4v) is 3.27. The van der Waals surface area contributed by atoms with Gasteiger partial charge in [0.2, 0.25) is 5.91 Å². The first-order chi connectivity index (χ1) is 10.2. The van der Waals surface area contributed by atoms with E-state index in [0.29, 0.717) is 5.92 Å². The average molecular weight is 287 g/mol. The normalized spacial score (nSPS) is 23.6. The highest BCUT2D eigenvalue weighted by molar-refractivity contribution is 5.82. The van der Waals surface area contributed by atoms with Gasteiger partial charge in [-0.15, -0.1) is 0 Å². The fraction of sp³-hybridized carbons (Fsp3) is 0.588. The van der Waals surface area contributed by atoms with Crippen molar-refractivity contribution in [3.05, 3.63) is 35.4 Å². The maximum atomic E-state index is 12.3. The van der Waals surface area contributed by atoms with Crippen molar-refractivity contribution in [2.45, 2.75) is 31.8 Å². The molecule has 0 saturated carbocycles. The largest absolute Gasteiger partial charge is 0.354 e. The molecule has 2 aliphatic rings. The number of piperidine rings is 1. The summed E-state index contributed by atoms with van der Waals surface area (Å²) in [4.78, 5) is 14.7. The molecule has 0 spiro atoms. The van der Waals surface area contributed by atoms with Crippen molar-refractivity contribution in [3.63, 3.8) is 0 Å². The summed E-state index contributed by atoms with van der Waals surface area (Å²) in [6.45, 7) is 3.92. The van der Waals surface area contributed by atoms with Crippen LogP contribution in [0, 0.1) is 5.92 Å². The predicted molar refractivity (Wildman–Crippen MR) is 84.0 cm³/mol. The highest BCUT2D eigenvalue weighted by atomic mass is 16.2. The first-order valence-corrected chi connectivity index (χ1v) is 7.99. The molecule has 4 heteroatoms. The molecule has 0 bridgehead atoms. The molecule has 114 valence electrons. The lowest BCUT2D eigenvalue weighted by atomic mass is 9.94. The van der Waals surface area contributed by atoms with E-state index in [1.807, 2.05) is 0 Å². The van der Waals surface area contributed by atoms with Gasteiger partial charge in [0.25, 0.3) is 0 Å². The predicted octanol–water partition coefficient (Wildman–Crippen LogP) is 1.16. The first kappa shape index (κ1) is 14.5. The van der Waals surface area contributed by atoms with Gasteiger partial charge in [-0.3, -0.25) is 4.79 Å². The number of likely N-dealkylation sites (tertiary alicyclic amines) is 1. The zero-order valence-corrected chi connectivity index (χ0v) is 12.8. The summed E-state index contributed by atoms with van der Waals surface area (Å²) < 4.78 is 0. The number of carbonyl (C=O) groups excluding carboxylic acids is 1. The van der Waals surface area contributed by atoms with Crippen LogP contribution >= 0.6 is 0 Å². The van der Waals surface area contributed by atoms with Crippen LogP contribution < -0.4 is 10.6 Å². The third-order valence-corrected chi connectivity index (χ3v) is 4.80. The molecule has 0 aliphatic carbocycles. The van der Waals surface area contributed by atoms with Gasteiger partial charge in [0.15, 0.2) is 0 Å². The number of amides is 1. The van der Waals surface area contributed by atoms with E-state index in [1.165, 1.54) is 24.0 Å². The van der Waals surface area contributed by atoms with E-state index in [2.05, 4.69) is 46.8 Å². The maximum absolute atomic E-state index is 12.3.